The van der Waals surface area contributed by atoms with Gasteiger partial charge in [0.25, 0.3) is 5.91 Å². The summed E-state index contributed by atoms with van der Waals surface area (Å²) >= 11 is 0. The smallest absolute Gasteiger partial charge is 0.254 e. The average molecular weight is 370 g/mol. The zero-order chi connectivity index (χ0) is 18.6. The first-order chi connectivity index (χ1) is 13.2. The molecule has 6 heteroatoms. The first-order valence-corrected chi connectivity index (χ1v) is 9.35. The topological polar surface area (TPSA) is 42.0 Å². The largest absolute Gasteiger partial charge is 0.454 e. The van der Waals surface area contributed by atoms with Crippen LogP contribution in [0.3, 0.4) is 0 Å². The number of nitrogens with zero attached hydrogens (tertiary/aromatic N) is 2. The third-order valence-electron chi connectivity index (χ3n) is 5.13. The lowest BCUT2D eigenvalue weighted by molar-refractivity contribution is 0.0635. The van der Waals surface area contributed by atoms with Crippen molar-refractivity contribution in [3.63, 3.8) is 0 Å². The Morgan fingerprint density at radius 1 is 0.963 bits per heavy atom. The van der Waals surface area contributed by atoms with Gasteiger partial charge in [-0.2, -0.15) is 0 Å². The normalized spacial score (nSPS) is 16.6. The summed E-state index contributed by atoms with van der Waals surface area (Å²) in [5.74, 6) is 1.18. The van der Waals surface area contributed by atoms with Crippen LogP contribution in [0, 0.1) is 5.82 Å². The number of piperazine rings is 1. The van der Waals surface area contributed by atoms with Gasteiger partial charge in [0.1, 0.15) is 5.82 Å². The van der Waals surface area contributed by atoms with Gasteiger partial charge in [-0.3, -0.25) is 9.69 Å². The van der Waals surface area contributed by atoms with Gasteiger partial charge in [-0.25, -0.2) is 4.39 Å². The Morgan fingerprint density at radius 2 is 1.70 bits per heavy atom. The molecule has 2 heterocycles. The lowest BCUT2D eigenvalue weighted by Gasteiger charge is -2.34. The molecule has 1 saturated heterocycles. The lowest BCUT2D eigenvalue weighted by atomic mass is 10.1. The third-order valence-corrected chi connectivity index (χ3v) is 5.13. The number of benzene rings is 2. The number of carbonyl (C=O) groups is 1. The van der Waals surface area contributed by atoms with Crippen LogP contribution in [-0.2, 0) is 6.42 Å². The summed E-state index contributed by atoms with van der Waals surface area (Å²) in [6, 6.07) is 12.1. The number of rotatable bonds is 5. The molecule has 0 bridgehead atoms. The molecule has 1 fully saturated rings. The first-order valence-electron chi connectivity index (χ1n) is 9.35. The van der Waals surface area contributed by atoms with E-state index in [1.165, 1.54) is 12.1 Å². The number of carbonyl (C=O) groups excluding carboxylic acids is 1. The van der Waals surface area contributed by atoms with Crippen LogP contribution in [0.4, 0.5) is 4.39 Å². The highest BCUT2D eigenvalue weighted by atomic mass is 19.1. The fourth-order valence-corrected chi connectivity index (χ4v) is 3.54. The van der Waals surface area contributed by atoms with E-state index in [1.807, 2.05) is 17.0 Å². The number of ether oxygens (including phenoxy) is 2. The van der Waals surface area contributed by atoms with Crippen molar-refractivity contribution in [2.45, 2.75) is 12.8 Å². The van der Waals surface area contributed by atoms with Gasteiger partial charge in [-0.15, -0.1) is 0 Å². The Labute approximate surface area is 158 Å². The minimum Gasteiger partial charge on any atom is -0.454 e. The maximum Gasteiger partial charge on any atom is 0.254 e. The number of halogens is 1. The fraction of sp³-hybridized carbons (Fsp3) is 0.381. The average Bonchev–Trinajstić information content (AvgIpc) is 3.17. The number of hydrogen-bond acceptors (Lipinski definition) is 4. The lowest BCUT2D eigenvalue weighted by Crippen LogP contribution is -2.48. The van der Waals surface area contributed by atoms with Crippen LogP contribution < -0.4 is 9.47 Å². The van der Waals surface area contributed by atoms with Crippen LogP contribution in [0.2, 0.25) is 0 Å². The van der Waals surface area contributed by atoms with Crippen molar-refractivity contribution in [1.82, 2.24) is 9.80 Å². The molecule has 0 spiro atoms. The highest BCUT2D eigenvalue weighted by Crippen LogP contribution is 2.32. The molecule has 4 rings (SSSR count). The Hall–Kier alpha value is -2.60. The molecule has 2 aliphatic heterocycles. The zero-order valence-electron chi connectivity index (χ0n) is 15.2. The Bertz CT molecular complexity index is 802. The van der Waals surface area contributed by atoms with Gasteiger partial charge in [-0.05, 0) is 55.3 Å². The standard InChI is InChI=1S/C21H23FN2O3/c22-18-6-3-16(4-7-18)2-1-9-23-10-12-24(13-11-23)21(25)17-5-8-19-20(14-17)27-15-26-19/h3-8,14H,1-2,9-13,15H2. The molecule has 142 valence electrons. The van der Waals surface area contributed by atoms with Gasteiger partial charge in [0.05, 0.1) is 0 Å². The van der Waals surface area contributed by atoms with E-state index in [2.05, 4.69) is 4.90 Å². The van der Waals surface area contributed by atoms with E-state index in [0.717, 1.165) is 51.1 Å². The molecule has 1 amide bonds. The van der Waals surface area contributed by atoms with Crippen molar-refractivity contribution in [3.8, 4) is 11.5 Å². The van der Waals surface area contributed by atoms with E-state index >= 15 is 0 Å². The van der Waals surface area contributed by atoms with E-state index in [0.29, 0.717) is 17.1 Å². The molecule has 27 heavy (non-hydrogen) atoms. The summed E-state index contributed by atoms with van der Waals surface area (Å²) in [7, 11) is 0. The molecule has 0 aliphatic carbocycles. The summed E-state index contributed by atoms with van der Waals surface area (Å²) < 4.78 is 23.6. The van der Waals surface area contributed by atoms with Crippen molar-refractivity contribution in [3.05, 3.63) is 59.4 Å². The van der Waals surface area contributed by atoms with Gasteiger partial charge in [0.2, 0.25) is 6.79 Å². The van der Waals surface area contributed by atoms with Crippen LogP contribution in [0.25, 0.3) is 0 Å². The minimum absolute atomic E-state index is 0.0410. The van der Waals surface area contributed by atoms with Gasteiger partial charge in [-0.1, -0.05) is 12.1 Å². The van der Waals surface area contributed by atoms with E-state index in [-0.39, 0.29) is 18.5 Å². The molecule has 0 saturated carbocycles. The van der Waals surface area contributed by atoms with Gasteiger partial charge >= 0.3 is 0 Å². The van der Waals surface area contributed by atoms with Crippen LogP contribution in [0.15, 0.2) is 42.5 Å². The van der Waals surface area contributed by atoms with Gasteiger partial charge in [0, 0.05) is 31.7 Å². The van der Waals surface area contributed by atoms with Crippen LogP contribution >= 0.6 is 0 Å². The highest BCUT2D eigenvalue weighted by molar-refractivity contribution is 5.95. The summed E-state index contributed by atoms with van der Waals surface area (Å²) in [6.45, 7) is 4.40. The Morgan fingerprint density at radius 3 is 2.48 bits per heavy atom. The molecule has 0 atom stereocenters. The molecular weight excluding hydrogens is 347 g/mol. The third kappa shape index (κ3) is 4.22. The summed E-state index contributed by atoms with van der Waals surface area (Å²) in [5.41, 5.74) is 1.80. The first kappa shape index (κ1) is 17.8. The van der Waals surface area contributed by atoms with Crippen LogP contribution in [0.5, 0.6) is 11.5 Å². The Balaban J connectivity index is 1.23. The molecule has 2 aliphatic rings. The highest BCUT2D eigenvalue weighted by Gasteiger charge is 2.23. The predicted octanol–water partition coefficient (Wildman–Crippen LogP) is 2.95. The molecule has 0 unspecified atom stereocenters. The quantitative estimate of drug-likeness (QED) is 0.812. The maximum atomic E-state index is 12.9. The minimum atomic E-state index is -0.193. The van der Waals surface area contributed by atoms with Crippen LogP contribution in [0.1, 0.15) is 22.3 Å². The summed E-state index contributed by atoms with van der Waals surface area (Å²) in [6.07, 6.45) is 1.97. The van der Waals surface area contributed by atoms with E-state index < -0.39 is 0 Å². The Kier molecular flexibility index (Phi) is 5.25. The van der Waals surface area contributed by atoms with E-state index in [1.54, 1.807) is 18.2 Å². The van der Waals surface area contributed by atoms with E-state index in [4.69, 9.17) is 9.47 Å². The van der Waals surface area contributed by atoms with Crippen molar-refractivity contribution in [2.75, 3.05) is 39.5 Å². The van der Waals surface area contributed by atoms with Gasteiger partial charge in [0.15, 0.2) is 11.5 Å². The van der Waals surface area contributed by atoms with Crippen molar-refractivity contribution in [2.24, 2.45) is 0 Å². The van der Waals surface area contributed by atoms with E-state index in [9.17, 15) is 9.18 Å². The second-order valence-electron chi connectivity index (χ2n) is 6.93. The number of amides is 1. The SMILES string of the molecule is O=C(c1ccc2c(c1)OCO2)N1CCN(CCCc2ccc(F)cc2)CC1. The number of hydrogen-bond donors (Lipinski definition) is 0. The molecular formula is C21H23FN2O3. The van der Waals surface area contributed by atoms with Crippen molar-refractivity contribution in [1.29, 1.82) is 0 Å². The molecule has 2 aromatic rings. The molecule has 2 aromatic carbocycles. The zero-order valence-corrected chi connectivity index (χ0v) is 15.2. The second-order valence-corrected chi connectivity index (χ2v) is 6.93. The van der Waals surface area contributed by atoms with Crippen molar-refractivity contribution >= 4 is 5.91 Å². The maximum absolute atomic E-state index is 12.9. The number of fused-ring (bicyclic) bond motifs is 1. The summed E-state index contributed by atoms with van der Waals surface area (Å²) in [5, 5.41) is 0. The van der Waals surface area contributed by atoms with Gasteiger partial charge < -0.3 is 14.4 Å². The second kappa shape index (κ2) is 7.96. The molecule has 5 nitrogen and oxygen atoms in total. The molecule has 0 N–H and O–H groups in total. The fourth-order valence-electron chi connectivity index (χ4n) is 3.54. The summed E-state index contributed by atoms with van der Waals surface area (Å²) in [4.78, 5) is 17.0. The predicted molar refractivity (Wildman–Crippen MR) is 99.6 cm³/mol. The molecule has 0 radical (unpaired) electrons. The monoisotopic (exact) mass is 370 g/mol. The molecule has 0 aromatic heterocycles. The van der Waals surface area contributed by atoms with Crippen molar-refractivity contribution < 1.29 is 18.7 Å². The van der Waals surface area contributed by atoms with Crippen LogP contribution in [-0.4, -0.2) is 55.2 Å². The number of aryl methyl sites for hydroxylation is 1.